The number of ether oxygens (including phenoxy) is 2. The van der Waals surface area contributed by atoms with Crippen molar-refractivity contribution in [3.05, 3.63) is 36.2 Å². The molecule has 0 saturated heterocycles. The van der Waals surface area contributed by atoms with Gasteiger partial charge in [0.05, 0.1) is 0 Å². The summed E-state index contributed by atoms with van der Waals surface area (Å²) in [4.78, 5) is 20.3. The van der Waals surface area contributed by atoms with Crippen LogP contribution in [0, 0.1) is 6.92 Å². The molecule has 3 rings (SSSR count). The molecule has 0 fully saturated rings. The Morgan fingerprint density at radius 3 is 2.67 bits per heavy atom. The second-order valence-electron chi connectivity index (χ2n) is 4.40. The van der Waals surface area contributed by atoms with Gasteiger partial charge in [-0.1, -0.05) is 18.2 Å². The fraction of sp³-hybridized carbons (Fsp3) is 0.214. The van der Waals surface area contributed by atoms with E-state index in [1.165, 1.54) is 0 Å². The molecule has 7 heteroatoms. The molecule has 108 valence electrons. The third-order valence-corrected chi connectivity index (χ3v) is 2.78. The van der Waals surface area contributed by atoms with Crippen molar-refractivity contribution in [1.82, 2.24) is 9.97 Å². The Hall–Kier alpha value is -2.83. The minimum Gasteiger partial charge on any atom is -0.482 e. The SMILES string of the molecule is Cc1nc(NC(=O)Nc2ccccc2)c2c(n1)OCCO2. The number of carbonyl (C=O) groups excluding carboxylic acids is 1. The van der Waals surface area contributed by atoms with Gasteiger partial charge in [0.15, 0.2) is 5.82 Å². The van der Waals surface area contributed by atoms with Crippen LogP contribution < -0.4 is 20.1 Å². The van der Waals surface area contributed by atoms with Crippen molar-refractivity contribution in [2.75, 3.05) is 23.8 Å². The van der Waals surface area contributed by atoms with Crippen molar-refractivity contribution in [2.45, 2.75) is 6.92 Å². The van der Waals surface area contributed by atoms with Crippen molar-refractivity contribution in [1.29, 1.82) is 0 Å². The average molecular weight is 286 g/mol. The Labute approximate surface area is 121 Å². The molecule has 0 spiro atoms. The lowest BCUT2D eigenvalue weighted by Crippen LogP contribution is -2.23. The van der Waals surface area contributed by atoms with Gasteiger partial charge in [0.2, 0.25) is 5.75 Å². The number of nitrogens with one attached hydrogen (secondary N) is 2. The van der Waals surface area contributed by atoms with Crippen molar-refractivity contribution in [3.8, 4) is 11.6 Å². The van der Waals surface area contributed by atoms with Crippen LogP contribution >= 0.6 is 0 Å². The molecule has 0 radical (unpaired) electrons. The van der Waals surface area contributed by atoms with Crippen LogP contribution in [0.4, 0.5) is 16.3 Å². The van der Waals surface area contributed by atoms with E-state index < -0.39 is 6.03 Å². The highest BCUT2D eigenvalue weighted by molar-refractivity contribution is 6.00. The van der Waals surface area contributed by atoms with E-state index in [1.807, 2.05) is 18.2 Å². The van der Waals surface area contributed by atoms with Gasteiger partial charge in [-0.05, 0) is 19.1 Å². The van der Waals surface area contributed by atoms with E-state index in [0.717, 1.165) is 0 Å². The van der Waals surface area contributed by atoms with E-state index in [0.29, 0.717) is 42.2 Å². The molecule has 0 bridgehead atoms. The van der Waals surface area contributed by atoms with Crippen LogP contribution in [-0.2, 0) is 0 Å². The largest absolute Gasteiger partial charge is 0.482 e. The Morgan fingerprint density at radius 2 is 1.86 bits per heavy atom. The maximum Gasteiger partial charge on any atom is 0.324 e. The first-order valence-corrected chi connectivity index (χ1v) is 6.49. The first-order valence-electron chi connectivity index (χ1n) is 6.49. The minimum atomic E-state index is -0.407. The lowest BCUT2D eigenvalue weighted by molar-refractivity contribution is 0.164. The van der Waals surface area contributed by atoms with Crippen LogP contribution in [0.2, 0.25) is 0 Å². The highest BCUT2D eigenvalue weighted by Crippen LogP contribution is 2.34. The Bertz CT molecular complexity index is 661. The number of aryl methyl sites for hydroxylation is 1. The Balaban J connectivity index is 1.78. The number of amides is 2. The number of rotatable bonds is 2. The third-order valence-electron chi connectivity index (χ3n) is 2.78. The number of benzene rings is 1. The Kier molecular flexibility index (Phi) is 3.55. The molecule has 1 aromatic heterocycles. The number of hydrogen-bond donors (Lipinski definition) is 2. The number of carbonyl (C=O) groups is 1. The number of para-hydroxylation sites is 1. The van der Waals surface area contributed by atoms with Gasteiger partial charge in [0.1, 0.15) is 19.0 Å². The lowest BCUT2D eigenvalue weighted by atomic mass is 10.3. The highest BCUT2D eigenvalue weighted by Gasteiger charge is 2.21. The predicted molar refractivity (Wildman–Crippen MR) is 76.8 cm³/mol. The van der Waals surface area contributed by atoms with Crippen LogP contribution in [0.3, 0.4) is 0 Å². The summed E-state index contributed by atoms with van der Waals surface area (Å²) in [5, 5.41) is 5.36. The van der Waals surface area contributed by atoms with Crippen molar-refractivity contribution in [2.24, 2.45) is 0 Å². The first kappa shape index (κ1) is 13.2. The summed E-state index contributed by atoms with van der Waals surface area (Å²) in [5.74, 6) is 1.50. The van der Waals surface area contributed by atoms with E-state index >= 15 is 0 Å². The van der Waals surface area contributed by atoms with Gasteiger partial charge in [-0.3, -0.25) is 5.32 Å². The van der Waals surface area contributed by atoms with Gasteiger partial charge in [-0.25, -0.2) is 9.78 Å². The van der Waals surface area contributed by atoms with Crippen LogP contribution in [0.25, 0.3) is 0 Å². The number of aromatic nitrogens is 2. The van der Waals surface area contributed by atoms with E-state index in [1.54, 1.807) is 19.1 Å². The average Bonchev–Trinajstić information content (AvgIpc) is 2.48. The summed E-state index contributed by atoms with van der Waals surface area (Å²) in [7, 11) is 0. The first-order chi connectivity index (χ1) is 10.2. The zero-order valence-corrected chi connectivity index (χ0v) is 11.4. The van der Waals surface area contributed by atoms with E-state index in [9.17, 15) is 4.79 Å². The smallest absolute Gasteiger partial charge is 0.324 e. The summed E-state index contributed by atoms with van der Waals surface area (Å²) in [6, 6.07) is 8.72. The molecule has 21 heavy (non-hydrogen) atoms. The summed E-state index contributed by atoms with van der Waals surface area (Å²) in [5.41, 5.74) is 0.687. The molecule has 2 heterocycles. The number of anilines is 2. The highest BCUT2D eigenvalue weighted by atomic mass is 16.6. The van der Waals surface area contributed by atoms with E-state index in [4.69, 9.17) is 9.47 Å². The van der Waals surface area contributed by atoms with Gasteiger partial charge in [0, 0.05) is 5.69 Å². The van der Waals surface area contributed by atoms with Gasteiger partial charge in [0.25, 0.3) is 5.88 Å². The number of urea groups is 1. The number of nitrogens with zero attached hydrogens (tertiary/aromatic N) is 2. The van der Waals surface area contributed by atoms with Gasteiger partial charge < -0.3 is 14.8 Å². The fourth-order valence-electron chi connectivity index (χ4n) is 1.92. The molecule has 7 nitrogen and oxygen atoms in total. The normalized spacial score (nSPS) is 12.6. The number of fused-ring (bicyclic) bond motifs is 1. The second kappa shape index (κ2) is 5.66. The summed E-state index contributed by atoms with van der Waals surface area (Å²) < 4.78 is 10.9. The fourth-order valence-corrected chi connectivity index (χ4v) is 1.92. The van der Waals surface area contributed by atoms with Crippen molar-refractivity contribution < 1.29 is 14.3 Å². The second-order valence-corrected chi connectivity index (χ2v) is 4.40. The van der Waals surface area contributed by atoms with Crippen molar-refractivity contribution >= 4 is 17.5 Å². The Morgan fingerprint density at radius 1 is 1.10 bits per heavy atom. The predicted octanol–water partition coefficient (Wildman–Crippen LogP) is 2.20. The van der Waals surface area contributed by atoms with Gasteiger partial charge in [-0.15, -0.1) is 0 Å². The van der Waals surface area contributed by atoms with E-state index in [2.05, 4.69) is 20.6 Å². The molecular weight excluding hydrogens is 272 g/mol. The van der Waals surface area contributed by atoms with E-state index in [-0.39, 0.29) is 0 Å². The summed E-state index contributed by atoms with van der Waals surface area (Å²) >= 11 is 0. The molecule has 0 atom stereocenters. The third kappa shape index (κ3) is 3.02. The monoisotopic (exact) mass is 286 g/mol. The standard InChI is InChI=1S/C14H14N4O3/c1-9-15-12(11-13(16-9)21-8-7-20-11)18-14(19)17-10-5-3-2-4-6-10/h2-6H,7-8H2,1H3,(H2,15,16,17,18,19). The summed E-state index contributed by atoms with van der Waals surface area (Å²) in [6.45, 7) is 2.55. The zero-order chi connectivity index (χ0) is 14.7. The van der Waals surface area contributed by atoms with Crippen LogP contribution in [0.1, 0.15) is 5.82 Å². The van der Waals surface area contributed by atoms with Gasteiger partial charge in [-0.2, -0.15) is 4.98 Å². The molecule has 2 N–H and O–H groups in total. The molecule has 0 aliphatic carbocycles. The topological polar surface area (TPSA) is 85.4 Å². The number of hydrogen-bond acceptors (Lipinski definition) is 5. The molecule has 2 amide bonds. The molecule has 2 aromatic rings. The molecule has 1 aromatic carbocycles. The van der Waals surface area contributed by atoms with Gasteiger partial charge >= 0.3 is 6.03 Å². The molecule has 1 aliphatic heterocycles. The maximum absolute atomic E-state index is 12.0. The molecule has 0 saturated carbocycles. The van der Waals surface area contributed by atoms with Crippen LogP contribution in [0.5, 0.6) is 11.6 Å². The molecular formula is C14H14N4O3. The van der Waals surface area contributed by atoms with Crippen LogP contribution in [0.15, 0.2) is 30.3 Å². The maximum atomic E-state index is 12.0. The lowest BCUT2D eigenvalue weighted by Gasteiger charge is -2.20. The van der Waals surface area contributed by atoms with Crippen LogP contribution in [-0.4, -0.2) is 29.2 Å². The molecule has 1 aliphatic rings. The zero-order valence-electron chi connectivity index (χ0n) is 11.4. The minimum absolute atomic E-state index is 0.297. The quantitative estimate of drug-likeness (QED) is 0.884. The molecule has 0 unspecified atom stereocenters. The van der Waals surface area contributed by atoms with Crippen molar-refractivity contribution in [3.63, 3.8) is 0 Å². The summed E-state index contributed by atoms with van der Waals surface area (Å²) in [6.07, 6.45) is 0.